The predicted octanol–water partition coefficient (Wildman–Crippen LogP) is 3.14. The normalized spacial score (nSPS) is 15.1. The zero-order chi connectivity index (χ0) is 20.7. The number of rotatable bonds is 4. The highest BCUT2D eigenvalue weighted by molar-refractivity contribution is 7.15. The van der Waals surface area contributed by atoms with Gasteiger partial charge in [0, 0.05) is 23.1 Å². The van der Waals surface area contributed by atoms with E-state index in [2.05, 4.69) is 15.4 Å². The summed E-state index contributed by atoms with van der Waals surface area (Å²) < 4.78 is 12.8. The van der Waals surface area contributed by atoms with Gasteiger partial charge in [-0.3, -0.25) is 20.2 Å². The number of fused-ring (bicyclic) bond motifs is 2. The smallest absolute Gasteiger partial charge is 0.271 e. The number of thiazole rings is 1. The largest absolute Gasteiger partial charge is 0.485 e. The number of non-ortho nitro benzene ring substituents is 1. The van der Waals surface area contributed by atoms with E-state index in [4.69, 9.17) is 9.47 Å². The van der Waals surface area contributed by atoms with Crippen LogP contribution in [0.3, 0.4) is 0 Å². The summed E-state index contributed by atoms with van der Waals surface area (Å²) in [6, 6.07) is 13.3. The number of benzene rings is 2. The van der Waals surface area contributed by atoms with Gasteiger partial charge in [-0.1, -0.05) is 12.1 Å². The van der Waals surface area contributed by atoms with E-state index < -0.39 is 16.9 Å². The lowest BCUT2D eigenvalue weighted by Gasteiger charge is -2.25. The number of aromatic nitrogens is 3. The van der Waals surface area contributed by atoms with E-state index >= 15 is 0 Å². The molecule has 10 nitrogen and oxygen atoms in total. The molecule has 150 valence electrons. The van der Waals surface area contributed by atoms with Gasteiger partial charge in [-0.2, -0.15) is 4.98 Å². The molecule has 2 aromatic carbocycles. The van der Waals surface area contributed by atoms with Crippen LogP contribution in [-0.4, -0.2) is 38.1 Å². The second-order valence-electron chi connectivity index (χ2n) is 6.41. The summed E-state index contributed by atoms with van der Waals surface area (Å²) in [6.45, 7) is 0.0825. The van der Waals surface area contributed by atoms with Crippen molar-refractivity contribution >= 4 is 33.8 Å². The number of carbonyl (C=O) groups excluding carboxylic acids is 1. The summed E-state index contributed by atoms with van der Waals surface area (Å²) >= 11 is 1.34. The third-order valence-electron chi connectivity index (χ3n) is 4.49. The van der Waals surface area contributed by atoms with Gasteiger partial charge in [0.05, 0.1) is 10.6 Å². The molecule has 0 spiro atoms. The van der Waals surface area contributed by atoms with Crippen LogP contribution in [0.4, 0.5) is 11.6 Å². The van der Waals surface area contributed by atoms with E-state index in [-0.39, 0.29) is 18.2 Å². The van der Waals surface area contributed by atoms with Crippen LogP contribution in [0.15, 0.2) is 53.9 Å². The summed E-state index contributed by atoms with van der Waals surface area (Å²) in [6.07, 6.45) is -0.824. The Morgan fingerprint density at radius 3 is 2.73 bits per heavy atom. The summed E-state index contributed by atoms with van der Waals surface area (Å²) in [5, 5.41) is 19.7. The number of anilines is 1. The number of nitro benzene ring substituents is 1. The highest BCUT2D eigenvalue weighted by atomic mass is 32.1. The molecule has 1 N–H and O–H groups in total. The van der Waals surface area contributed by atoms with Crippen molar-refractivity contribution in [1.82, 2.24) is 14.6 Å². The third-order valence-corrected chi connectivity index (χ3v) is 5.31. The fraction of sp³-hybridized carbons (Fsp3) is 0.105. The fourth-order valence-electron chi connectivity index (χ4n) is 3.03. The summed E-state index contributed by atoms with van der Waals surface area (Å²) in [5.74, 6) is 0.815. The maximum Gasteiger partial charge on any atom is 0.271 e. The van der Waals surface area contributed by atoms with Crippen molar-refractivity contribution in [1.29, 1.82) is 0 Å². The van der Waals surface area contributed by atoms with Gasteiger partial charge >= 0.3 is 0 Å². The number of nitro groups is 1. The van der Waals surface area contributed by atoms with Crippen molar-refractivity contribution in [2.24, 2.45) is 0 Å². The molecule has 0 saturated heterocycles. The van der Waals surface area contributed by atoms with Crippen molar-refractivity contribution in [2.75, 3.05) is 11.9 Å². The van der Waals surface area contributed by atoms with Gasteiger partial charge < -0.3 is 9.47 Å². The minimum atomic E-state index is -0.824. The van der Waals surface area contributed by atoms with Gasteiger partial charge in [-0.05, 0) is 24.3 Å². The Bertz CT molecular complexity index is 1270. The molecule has 0 saturated carbocycles. The molecule has 5 rings (SSSR count). The van der Waals surface area contributed by atoms with Crippen LogP contribution in [0.5, 0.6) is 11.5 Å². The van der Waals surface area contributed by atoms with E-state index in [1.54, 1.807) is 34.8 Å². The highest BCUT2D eigenvalue weighted by Gasteiger charge is 2.28. The minimum Gasteiger partial charge on any atom is -0.485 e. The van der Waals surface area contributed by atoms with Gasteiger partial charge in [0.1, 0.15) is 6.61 Å². The Morgan fingerprint density at radius 2 is 1.97 bits per heavy atom. The molecular weight excluding hydrogens is 410 g/mol. The van der Waals surface area contributed by atoms with Gasteiger partial charge in [-0.15, -0.1) is 16.4 Å². The van der Waals surface area contributed by atoms with Crippen molar-refractivity contribution in [3.63, 3.8) is 0 Å². The molecule has 11 heteroatoms. The molecular formula is C19H13N5O5S. The first kappa shape index (κ1) is 18.1. The van der Waals surface area contributed by atoms with E-state index in [0.717, 1.165) is 5.56 Å². The lowest BCUT2D eigenvalue weighted by molar-refractivity contribution is -0.384. The summed E-state index contributed by atoms with van der Waals surface area (Å²) in [5.41, 5.74) is 1.47. The number of nitrogens with one attached hydrogen (secondary N) is 1. The number of amides is 1. The van der Waals surface area contributed by atoms with E-state index in [0.29, 0.717) is 22.2 Å². The molecule has 1 aliphatic rings. The Labute approximate surface area is 172 Å². The number of ether oxygens (including phenoxy) is 2. The van der Waals surface area contributed by atoms with Crippen LogP contribution >= 0.6 is 11.3 Å². The first-order chi connectivity index (χ1) is 14.6. The first-order valence-corrected chi connectivity index (χ1v) is 9.75. The molecule has 0 bridgehead atoms. The number of para-hydroxylation sites is 2. The lowest BCUT2D eigenvalue weighted by Crippen LogP contribution is -2.40. The molecule has 1 aliphatic heterocycles. The molecule has 1 unspecified atom stereocenters. The summed E-state index contributed by atoms with van der Waals surface area (Å²) in [7, 11) is 0. The molecule has 1 amide bonds. The average Bonchev–Trinajstić information content (AvgIpc) is 3.33. The van der Waals surface area contributed by atoms with E-state index in [1.165, 1.54) is 23.5 Å². The second-order valence-corrected chi connectivity index (χ2v) is 7.24. The molecule has 30 heavy (non-hydrogen) atoms. The molecule has 0 fully saturated rings. The monoisotopic (exact) mass is 423 g/mol. The average molecular weight is 423 g/mol. The van der Waals surface area contributed by atoms with E-state index in [9.17, 15) is 14.9 Å². The first-order valence-electron chi connectivity index (χ1n) is 8.87. The molecule has 0 radical (unpaired) electrons. The Morgan fingerprint density at radius 1 is 1.20 bits per heavy atom. The fourth-order valence-corrected chi connectivity index (χ4v) is 3.86. The van der Waals surface area contributed by atoms with Crippen molar-refractivity contribution in [2.45, 2.75) is 6.10 Å². The zero-order valence-electron chi connectivity index (χ0n) is 15.2. The van der Waals surface area contributed by atoms with Gasteiger partial charge in [0.15, 0.2) is 11.5 Å². The second kappa shape index (κ2) is 7.12. The number of hydrogen-bond donors (Lipinski definition) is 1. The Balaban J connectivity index is 1.35. The van der Waals surface area contributed by atoms with Crippen LogP contribution in [-0.2, 0) is 4.79 Å². The third kappa shape index (κ3) is 3.20. The van der Waals surface area contributed by atoms with Crippen LogP contribution < -0.4 is 14.8 Å². The molecule has 3 heterocycles. The van der Waals surface area contributed by atoms with Gasteiger partial charge in [0.25, 0.3) is 17.5 Å². The SMILES string of the molecule is O=C(Nc1nc2scc(-c3ccc([N+](=O)[O-])cc3)n2n1)C1COc2ccccc2O1. The highest BCUT2D eigenvalue weighted by Crippen LogP contribution is 2.31. The maximum atomic E-state index is 12.6. The number of carbonyl (C=O) groups is 1. The van der Waals surface area contributed by atoms with Crippen LogP contribution in [0.1, 0.15) is 0 Å². The topological polar surface area (TPSA) is 121 Å². The van der Waals surface area contributed by atoms with Gasteiger partial charge in [0.2, 0.25) is 11.1 Å². The Kier molecular flexibility index (Phi) is 4.29. The van der Waals surface area contributed by atoms with Crippen molar-refractivity contribution < 1.29 is 19.2 Å². The summed E-state index contributed by atoms with van der Waals surface area (Å²) in [4.78, 5) is 27.8. The number of hydrogen-bond acceptors (Lipinski definition) is 8. The van der Waals surface area contributed by atoms with Gasteiger partial charge in [-0.25, -0.2) is 4.52 Å². The molecule has 2 aromatic heterocycles. The molecule has 0 aliphatic carbocycles. The van der Waals surface area contributed by atoms with Crippen molar-refractivity contribution in [3.05, 3.63) is 64.0 Å². The van der Waals surface area contributed by atoms with Crippen LogP contribution in [0.2, 0.25) is 0 Å². The standard InChI is InChI=1S/C19H13N5O5S/c25-17(16-9-28-14-3-1-2-4-15(14)29-16)20-18-21-19-23(22-18)13(10-30-19)11-5-7-12(8-6-11)24(26)27/h1-8,10,16H,9H2,(H,20,22,25). The lowest BCUT2D eigenvalue weighted by atomic mass is 10.1. The maximum absolute atomic E-state index is 12.6. The van der Waals surface area contributed by atoms with Crippen LogP contribution in [0.25, 0.3) is 16.2 Å². The zero-order valence-corrected chi connectivity index (χ0v) is 16.0. The quantitative estimate of drug-likeness (QED) is 0.395. The van der Waals surface area contributed by atoms with Crippen molar-refractivity contribution in [3.8, 4) is 22.8 Å². The van der Waals surface area contributed by atoms with E-state index in [1.807, 2.05) is 11.4 Å². The number of nitrogens with zero attached hydrogens (tertiary/aromatic N) is 4. The Hall–Kier alpha value is -3.99. The predicted molar refractivity (Wildman–Crippen MR) is 108 cm³/mol. The molecule has 1 atom stereocenters. The minimum absolute atomic E-state index is 0.00745. The molecule has 4 aromatic rings. The van der Waals surface area contributed by atoms with Crippen LogP contribution in [0, 0.1) is 10.1 Å².